The minimum absolute atomic E-state index is 0.0430. The molecule has 2 heterocycles. The third-order valence-corrected chi connectivity index (χ3v) is 3.79. The highest BCUT2D eigenvalue weighted by atomic mass is 79.9. The van der Waals surface area contributed by atoms with Gasteiger partial charge < -0.3 is 14.8 Å². The van der Waals surface area contributed by atoms with Crippen LogP contribution in [0.1, 0.15) is 15.9 Å². The van der Waals surface area contributed by atoms with Crippen molar-refractivity contribution in [2.24, 2.45) is 0 Å². The molecule has 3 aromatic rings. The molecule has 0 atom stereocenters. The van der Waals surface area contributed by atoms with Gasteiger partial charge in [-0.1, -0.05) is 0 Å². The molecular formula is C15H12BrN3O2. The molecule has 5 nitrogen and oxygen atoms in total. The van der Waals surface area contributed by atoms with Gasteiger partial charge in [-0.25, -0.2) is 4.98 Å². The number of aromatic hydroxyl groups is 1. The van der Waals surface area contributed by atoms with Crippen LogP contribution in [0.4, 0.5) is 0 Å². The topological polar surface area (TPSA) is 66.6 Å². The molecule has 0 aliphatic carbocycles. The highest BCUT2D eigenvalue weighted by Gasteiger charge is 2.08. The van der Waals surface area contributed by atoms with Crippen LogP contribution in [0.15, 0.2) is 53.4 Å². The van der Waals surface area contributed by atoms with E-state index in [0.717, 1.165) is 11.2 Å². The molecule has 1 amide bonds. The molecule has 21 heavy (non-hydrogen) atoms. The minimum atomic E-state index is -0.235. The average molecular weight is 346 g/mol. The van der Waals surface area contributed by atoms with Crippen LogP contribution in [0.2, 0.25) is 0 Å². The second-order valence-corrected chi connectivity index (χ2v) is 5.43. The molecule has 2 aromatic heterocycles. The standard InChI is InChI=1S/C15H12BrN3O2/c16-12-2-1-11(8-13(12)20)15(21)18-9-10-3-5-19-6-4-17-14(19)7-10/h1-8,20H,9H2,(H,18,21). The van der Waals surface area contributed by atoms with E-state index >= 15 is 0 Å². The number of halogens is 1. The van der Waals surface area contributed by atoms with Gasteiger partial charge >= 0.3 is 0 Å². The molecule has 0 spiro atoms. The van der Waals surface area contributed by atoms with Crippen molar-refractivity contribution in [1.82, 2.24) is 14.7 Å². The number of phenolic OH excluding ortho intramolecular Hbond substituents is 1. The first-order valence-electron chi connectivity index (χ1n) is 6.32. The van der Waals surface area contributed by atoms with E-state index < -0.39 is 0 Å². The van der Waals surface area contributed by atoms with Crippen LogP contribution in [-0.4, -0.2) is 20.4 Å². The van der Waals surface area contributed by atoms with E-state index in [9.17, 15) is 9.90 Å². The Labute approximate surface area is 129 Å². The molecular weight excluding hydrogens is 334 g/mol. The van der Waals surface area contributed by atoms with Gasteiger partial charge in [0.25, 0.3) is 5.91 Å². The number of pyridine rings is 1. The SMILES string of the molecule is O=C(NCc1ccn2ccnc2c1)c1ccc(Br)c(O)c1. The molecule has 0 bridgehead atoms. The Bertz CT molecular complexity index is 814. The van der Waals surface area contributed by atoms with Crippen molar-refractivity contribution in [3.8, 4) is 5.75 Å². The third kappa shape index (κ3) is 2.90. The molecule has 6 heteroatoms. The van der Waals surface area contributed by atoms with Gasteiger partial charge in [-0.2, -0.15) is 0 Å². The van der Waals surface area contributed by atoms with Crippen molar-refractivity contribution >= 4 is 27.5 Å². The Morgan fingerprint density at radius 2 is 2.14 bits per heavy atom. The molecule has 2 N–H and O–H groups in total. The first-order chi connectivity index (χ1) is 10.1. The monoisotopic (exact) mass is 345 g/mol. The van der Waals surface area contributed by atoms with Crippen LogP contribution >= 0.6 is 15.9 Å². The Morgan fingerprint density at radius 3 is 2.95 bits per heavy atom. The number of rotatable bonds is 3. The molecule has 0 aliphatic heterocycles. The van der Waals surface area contributed by atoms with E-state index in [-0.39, 0.29) is 11.7 Å². The summed E-state index contributed by atoms with van der Waals surface area (Å²) in [6, 6.07) is 8.56. The lowest BCUT2D eigenvalue weighted by atomic mass is 10.2. The number of benzene rings is 1. The molecule has 0 unspecified atom stereocenters. The average Bonchev–Trinajstić information content (AvgIpc) is 2.95. The van der Waals surface area contributed by atoms with Crippen LogP contribution in [0, 0.1) is 0 Å². The maximum Gasteiger partial charge on any atom is 0.251 e. The predicted molar refractivity (Wildman–Crippen MR) is 82.2 cm³/mol. The van der Waals surface area contributed by atoms with Gasteiger partial charge in [-0.05, 0) is 51.8 Å². The fraction of sp³-hybridized carbons (Fsp3) is 0.0667. The van der Waals surface area contributed by atoms with E-state index in [2.05, 4.69) is 26.2 Å². The Kier molecular flexibility index (Phi) is 3.62. The number of fused-ring (bicyclic) bond motifs is 1. The maximum atomic E-state index is 12.0. The van der Waals surface area contributed by atoms with Crippen molar-refractivity contribution in [3.05, 3.63) is 64.5 Å². The van der Waals surface area contributed by atoms with Crippen LogP contribution in [0.5, 0.6) is 5.75 Å². The molecule has 106 valence electrons. The number of hydrogen-bond donors (Lipinski definition) is 2. The largest absolute Gasteiger partial charge is 0.507 e. The molecule has 0 saturated carbocycles. The number of amides is 1. The van der Waals surface area contributed by atoms with Gasteiger partial charge in [-0.3, -0.25) is 4.79 Å². The first-order valence-corrected chi connectivity index (χ1v) is 7.11. The first kappa shape index (κ1) is 13.6. The van der Waals surface area contributed by atoms with Gasteiger partial charge in [0.1, 0.15) is 11.4 Å². The summed E-state index contributed by atoms with van der Waals surface area (Å²) in [5.74, 6) is -0.192. The van der Waals surface area contributed by atoms with Gasteiger partial charge in [0.15, 0.2) is 0 Å². The summed E-state index contributed by atoms with van der Waals surface area (Å²) < 4.78 is 2.46. The van der Waals surface area contributed by atoms with E-state index in [4.69, 9.17) is 0 Å². The fourth-order valence-electron chi connectivity index (χ4n) is 2.00. The molecule has 1 aromatic carbocycles. The Balaban J connectivity index is 1.71. The van der Waals surface area contributed by atoms with E-state index in [1.165, 1.54) is 6.07 Å². The number of phenols is 1. The summed E-state index contributed by atoms with van der Waals surface area (Å²) >= 11 is 3.18. The Hall–Kier alpha value is -2.34. The number of nitrogens with one attached hydrogen (secondary N) is 1. The molecule has 0 radical (unpaired) electrons. The van der Waals surface area contributed by atoms with Crippen LogP contribution in [0.25, 0.3) is 5.65 Å². The summed E-state index contributed by atoms with van der Waals surface area (Å²) in [6.45, 7) is 0.402. The highest BCUT2D eigenvalue weighted by molar-refractivity contribution is 9.10. The lowest BCUT2D eigenvalue weighted by Crippen LogP contribution is -2.22. The smallest absolute Gasteiger partial charge is 0.251 e. The number of imidazole rings is 1. The summed E-state index contributed by atoms with van der Waals surface area (Å²) in [7, 11) is 0. The number of hydrogen-bond acceptors (Lipinski definition) is 3. The lowest BCUT2D eigenvalue weighted by molar-refractivity contribution is 0.0950. The van der Waals surface area contributed by atoms with E-state index in [1.54, 1.807) is 18.3 Å². The molecule has 0 saturated heterocycles. The number of carbonyl (C=O) groups excluding carboxylic acids is 1. The fourth-order valence-corrected chi connectivity index (χ4v) is 2.25. The van der Waals surface area contributed by atoms with Gasteiger partial charge in [-0.15, -0.1) is 0 Å². The lowest BCUT2D eigenvalue weighted by Gasteiger charge is -2.07. The van der Waals surface area contributed by atoms with Crippen molar-refractivity contribution < 1.29 is 9.90 Å². The molecule has 0 aliphatic rings. The zero-order valence-electron chi connectivity index (χ0n) is 11.0. The summed E-state index contributed by atoms with van der Waals surface area (Å²) in [5, 5.41) is 12.4. The van der Waals surface area contributed by atoms with E-state index in [0.29, 0.717) is 16.6 Å². The predicted octanol–water partition coefficient (Wildman–Crippen LogP) is 2.73. The number of nitrogens with zero attached hydrogens (tertiary/aromatic N) is 2. The maximum absolute atomic E-state index is 12.0. The summed E-state index contributed by atoms with van der Waals surface area (Å²) in [6.07, 6.45) is 5.49. The molecule has 3 rings (SSSR count). The van der Waals surface area contributed by atoms with Crippen LogP contribution < -0.4 is 5.32 Å². The summed E-state index contributed by atoms with van der Waals surface area (Å²) in [5.41, 5.74) is 2.21. The van der Waals surface area contributed by atoms with Crippen molar-refractivity contribution in [2.45, 2.75) is 6.54 Å². The zero-order valence-corrected chi connectivity index (χ0v) is 12.5. The minimum Gasteiger partial charge on any atom is -0.507 e. The Morgan fingerprint density at radius 1 is 1.29 bits per heavy atom. The van der Waals surface area contributed by atoms with Gasteiger partial charge in [0, 0.05) is 30.7 Å². The van der Waals surface area contributed by atoms with Crippen LogP contribution in [-0.2, 0) is 6.54 Å². The van der Waals surface area contributed by atoms with Crippen molar-refractivity contribution in [1.29, 1.82) is 0 Å². The summed E-state index contributed by atoms with van der Waals surface area (Å²) in [4.78, 5) is 16.2. The van der Waals surface area contributed by atoms with Gasteiger partial charge in [0.2, 0.25) is 0 Å². The second-order valence-electron chi connectivity index (χ2n) is 4.58. The zero-order chi connectivity index (χ0) is 14.8. The van der Waals surface area contributed by atoms with Gasteiger partial charge in [0.05, 0.1) is 4.47 Å². The quantitative estimate of drug-likeness (QED) is 0.766. The van der Waals surface area contributed by atoms with Crippen molar-refractivity contribution in [3.63, 3.8) is 0 Å². The van der Waals surface area contributed by atoms with Crippen LogP contribution in [0.3, 0.4) is 0 Å². The highest BCUT2D eigenvalue weighted by Crippen LogP contribution is 2.24. The molecule has 0 fully saturated rings. The normalized spacial score (nSPS) is 10.7. The second kappa shape index (κ2) is 5.57. The van der Waals surface area contributed by atoms with E-state index in [1.807, 2.05) is 28.9 Å². The number of aromatic nitrogens is 2. The van der Waals surface area contributed by atoms with Crippen molar-refractivity contribution in [2.75, 3.05) is 0 Å². The number of carbonyl (C=O) groups is 1. The third-order valence-electron chi connectivity index (χ3n) is 3.12.